The quantitative estimate of drug-likeness (QED) is 0.524. The maximum absolute atomic E-state index is 11.7. The zero-order valence-corrected chi connectivity index (χ0v) is 20.4. The predicted molar refractivity (Wildman–Crippen MR) is 121 cm³/mol. The fraction of sp³-hybridized carbons (Fsp3) is 1.00. The Morgan fingerprint density at radius 2 is 1.62 bits per heavy atom. The van der Waals surface area contributed by atoms with E-state index in [9.17, 15) is 15.3 Å². The standard InChI is InChI=1S/C27H44O5/c1-15-5-10-27(31-14-15)16(2)23-22(32-27)11-19-17-6-9-26(30)13-21(29)20(28)12-25(26,4)18(17)7-8-24(19,23)3/h15-23,28-30H,5-14H2,1-4H3/t15-,16+,17-,18+,19+,20-,21-,22+,23+,24+,25-,26-,27-/m1/s1. The largest absolute Gasteiger partial charge is 0.390 e. The van der Waals surface area contributed by atoms with E-state index >= 15 is 0 Å². The van der Waals surface area contributed by atoms with E-state index in [4.69, 9.17) is 9.47 Å². The third-order valence-corrected chi connectivity index (χ3v) is 12.1. The van der Waals surface area contributed by atoms with Gasteiger partial charge < -0.3 is 24.8 Å². The van der Waals surface area contributed by atoms with Gasteiger partial charge in [-0.3, -0.25) is 0 Å². The highest BCUT2D eigenvalue weighted by molar-refractivity contribution is 5.18. The Balaban J connectivity index is 1.28. The minimum Gasteiger partial charge on any atom is -0.390 e. The lowest BCUT2D eigenvalue weighted by Gasteiger charge is -2.64. The maximum atomic E-state index is 11.7. The zero-order valence-electron chi connectivity index (χ0n) is 20.4. The van der Waals surface area contributed by atoms with Gasteiger partial charge in [-0.1, -0.05) is 27.7 Å². The molecule has 4 saturated carbocycles. The predicted octanol–water partition coefficient (Wildman–Crippen LogP) is 3.88. The van der Waals surface area contributed by atoms with Gasteiger partial charge in [0.25, 0.3) is 0 Å². The molecule has 32 heavy (non-hydrogen) atoms. The molecule has 3 N–H and O–H groups in total. The van der Waals surface area contributed by atoms with Crippen LogP contribution in [0.15, 0.2) is 0 Å². The molecule has 6 fully saturated rings. The molecule has 5 heteroatoms. The van der Waals surface area contributed by atoms with E-state index in [2.05, 4.69) is 27.7 Å². The summed E-state index contributed by atoms with van der Waals surface area (Å²) in [5.74, 6) is 2.84. The highest BCUT2D eigenvalue weighted by Gasteiger charge is 2.71. The molecule has 2 heterocycles. The Labute approximate surface area is 193 Å². The first-order valence-corrected chi connectivity index (χ1v) is 13.4. The summed E-state index contributed by atoms with van der Waals surface area (Å²) in [5.41, 5.74) is -0.904. The molecule has 6 rings (SSSR count). The van der Waals surface area contributed by atoms with Gasteiger partial charge in [-0.2, -0.15) is 0 Å². The summed E-state index contributed by atoms with van der Waals surface area (Å²) in [6.45, 7) is 10.2. The molecule has 0 bridgehead atoms. The summed E-state index contributed by atoms with van der Waals surface area (Å²) in [7, 11) is 0. The molecule has 0 amide bonds. The first-order chi connectivity index (χ1) is 15.0. The van der Waals surface area contributed by atoms with E-state index in [1.54, 1.807) is 0 Å². The van der Waals surface area contributed by atoms with Gasteiger partial charge in [0.15, 0.2) is 5.79 Å². The third kappa shape index (κ3) is 2.69. The molecule has 182 valence electrons. The molecule has 1 spiro atoms. The number of aliphatic hydroxyl groups is 3. The highest BCUT2D eigenvalue weighted by atomic mass is 16.7. The Morgan fingerprint density at radius 1 is 0.875 bits per heavy atom. The first-order valence-electron chi connectivity index (χ1n) is 13.4. The molecule has 5 nitrogen and oxygen atoms in total. The van der Waals surface area contributed by atoms with Crippen LogP contribution in [0.2, 0.25) is 0 Å². The second-order valence-electron chi connectivity index (χ2n) is 13.4. The van der Waals surface area contributed by atoms with Crippen LogP contribution < -0.4 is 0 Å². The number of hydrogen-bond donors (Lipinski definition) is 3. The second-order valence-corrected chi connectivity index (χ2v) is 13.4. The molecule has 0 unspecified atom stereocenters. The van der Waals surface area contributed by atoms with Gasteiger partial charge in [0.1, 0.15) is 0 Å². The van der Waals surface area contributed by atoms with Crippen molar-refractivity contribution in [3.63, 3.8) is 0 Å². The van der Waals surface area contributed by atoms with Crippen molar-refractivity contribution >= 4 is 0 Å². The number of hydrogen-bond acceptors (Lipinski definition) is 5. The molecule has 2 aliphatic heterocycles. The number of fused-ring (bicyclic) bond motifs is 7. The molecular formula is C27H44O5. The Bertz CT molecular complexity index is 763. The summed E-state index contributed by atoms with van der Waals surface area (Å²) >= 11 is 0. The highest BCUT2D eigenvalue weighted by Crippen LogP contribution is 2.71. The Morgan fingerprint density at radius 3 is 2.34 bits per heavy atom. The molecule has 0 radical (unpaired) electrons. The lowest BCUT2D eigenvalue weighted by atomic mass is 9.42. The summed E-state index contributed by atoms with van der Waals surface area (Å²) in [6.07, 6.45) is 7.02. The van der Waals surface area contributed by atoms with E-state index in [0.29, 0.717) is 54.5 Å². The summed E-state index contributed by atoms with van der Waals surface area (Å²) in [6, 6.07) is 0. The van der Waals surface area contributed by atoms with E-state index < -0.39 is 17.8 Å². The minimum atomic E-state index is -0.852. The van der Waals surface area contributed by atoms with Gasteiger partial charge >= 0.3 is 0 Å². The van der Waals surface area contributed by atoms with Crippen molar-refractivity contribution in [2.75, 3.05) is 6.61 Å². The molecule has 0 aromatic carbocycles. The number of aliphatic hydroxyl groups excluding tert-OH is 2. The minimum absolute atomic E-state index is 0.264. The van der Waals surface area contributed by atoms with Crippen LogP contribution in [0.1, 0.15) is 85.5 Å². The van der Waals surface area contributed by atoms with Gasteiger partial charge in [0.05, 0.1) is 30.5 Å². The third-order valence-electron chi connectivity index (χ3n) is 12.1. The molecule has 0 aromatic heterocycles. The average molecular weight is 449 g/mol. The first kappa shape index (κ1) is 22.3. The molecule has 6 aliphatic rings. The second kappa shape index (κ2) is 6.94. The topological polar surface area (TPSA) is 79.2 Å². The van der Waals surface area contributed by atoms with E-state index in [1.807, 2.05) is 0 Å². The zero-order chi connectivity index (χ0) is 22.7. The van der Waals surface area contributed by atoms with Crippen molar-refractivity contribution < 1.29 is 24.8 Å². The van der Waals surface area contributed by atoms with E-state index in [1.165, 1.54) is 12.8 Å². The lowest BCUT2D eigenvalue weighted by Crippen LogP contribution is -2.65. The van der Waals surface area contributed by atoms with Gasteiger partial charge in [-0.25, -0.2) is 0 Å². The molecule has 4 aliphatic carbocycles. The van der Waals surface area contributed by atoms with Crippen molar-refractivity contribution in [2.45, 2.75) is 115 Å². The number of ether oxygens (including phenoxy) is 2. The lowest BCUT2D eigenvalue weighted by molar-refractivity contribution is -0.275. The van der Waals surface area contributed by atoms with Crippen molar-refractivity contribution in [1.82, 2.24) is 0 Å². The van der Waals surface area contributed by atoms with Crippen LogP contribution in [0.3, 0.4) is 0 Å². The number of rotatable bonds is 0. The normalized spacial score (nSPS) is 64.0. The van der Waals surface area contributed by atoms with E-state index in [-0.39, 0.29) is 16.6 Å². The SMILES string of the molecule is C[C@@H]1CC[C@@]2(OC1)O[C@H]1C[C@H]3[C@@H]4CC[C@@]5(O)C[C@@H](O)[C@H](O)C[C@]5(C)[C@H]4CC[C@]3(C)[C@H]1[C@@H]2C. The van der Waals surface area contributed by atoms with Gasteiger partial charge in [-0.15, -0.1) is 0 Å². The van der Waals surface area contributed by atoms with Crippen LogP contribution in [-0.4, -0.2) is 51.6 Å². The maximum Gasteiger partial charge on any atom is 0.171 e. The van der Waals surface area contributed by atoms with Crippen molar-refractivity contribution in [3.8, 4) is 0 Å². The Kier molecular flexibility index (Phi) is 4.83. The summed E-state index contributed by atoms with van der Waals surface area (Å²) < 4.78 is 13.3. The average Bonchev–Trinajstić information content (AvgIpc) is 3.17. The smallest absolute Gasteiger partial charge is 0.171 e. The van der Waals surface area contributed by atoms with E-state index in [0.717, 1.165) is 38.7 Å². The molecule has 0 aromatic rings. The molecular weight excluding hydrogens is 404 g/mol. The van der Waals surface area contributed by atoms with Gasteiger partial charge in [0, 0.05) is 24.2 Å². The van der Waals surface area contributed by atoms with Crippen LogP contribution in [0.4, 0.5) is 0 Å². The fourth-order valence-electron chi connectivity index (χ4n) is 10.3. The van der Waals surface area contributed by atoms with Crippen LogP contribution in [-0.2, 0) is 9.47 Å². The monoisotopic (exact) mass is 448 g/mol. The van der Waals surface area contributed by atoms with Crippen LogP contribution in [0.25, 0.3) is 0 Å². The van der Waals surface area contributed by atoms with Gasteiger partial charge in [0.2, 0.25) is 0 Å². The van der Waals surface area contributed by atoms with Crippen molar-refractivity contribution in [3.05, 3.63) is 0 Å². The van der Waals surface area contributed by atoms with Crippen LogP contribution in [0.5, 0.6) is 0 Å². The van der Waals surface area contributed by atoms with Crippen LogP contribution >= 0.6 is 0 Å². The fourth-order valence-corrected chi connectivity index (χ4v) is 10.3. The Hall–Kier alpha value is -0.200. The van der Waals surface area contributed by atoms with Crippen molar-refractivity contribution in [2.24, 2.45) is 46.3 Å². The van der Waals surface area contributed by atoms with Crippen LogP contribution in [0, 0.1) is 46.3 Å². The van der Waals surface area contributed by atoms with Gasteiger partial charge in [-0.05, 0) is 80.0 Å². The molecule has 13 atom stereocenters. The summed E-state index contributed by atoms with van der Waals surface area (Å²) in [4.78, 5) is 0. The van der Waals surface area contributed by atoms with Crippen molar-refractivity contribution in [1.29, 1.82) is 0 Å². The summed E-state index contributed by atoms with van der Waals surface area (Å²) in [5, 5.41) is 32.5. The molecule has 2 saturated heterocycles.